The second kappa shape index (κ2) is 6.56. The van der Waals surface area contributed by atoms with E-state index in [0.717, 1.165) is 36.3 Å². The molecular weight excluding hydrogens is 272 g/mol. The predicted molar refractivity (Wildman–Crippen MR) is 80.4 cm³/mol. The van der Waals surface area contributed by atoms with Crippen LogP contribution in [0.4, 0.5) is 0 Å². The molecule has 0 amide bonds. The topological polar surface area (TPSA) is 55.7 Å². The van der Waals surface area contributed by atoms with Crippen molar-refractivity contribution in [2.24, 2.45) is 0 Å². The van der Waals surface area contributed by atoms with E-state index in [4.69, 9.17) is 16.9 Å². The van der Waals surface area contributed by atoms with Crippen molar-refractivity contribution in [3.8, 4) is 17.3 Å². The van der Waals surface area contributed by atoms with Gasteiger partial charge in [0.1, 0.15) is 0 Å². The summed E-state index contributed by atoms with van der Waals surface area (Å²) in [5, 5.41) is 16.8. The van der Waals surface area contributed by atoms with Crippen LogP contribution in [0, 0.1) is 11.3 Å². The highest BCUT2D eigenvalue weighted by atomic mass is 35.5. The largest absolute Gasteiger partial charge is 0.302 e. The summed E-state index contributed by atoms with van der Waals surface area (Å²) in [6.07, 6.45) is 2.99. The van der Waals surface area contributed by atoms with Gasteiger partial charge in [-0.15, -0.1) is 0 Å². The molecule has 0 aliphatic rings. The van der Waals surface area contributed by atoms with Crippen LogP contribution in [0.2, 0.25) is 5.02 Å². The van der Waals surface area contributed by atoms with Crippen LogP contribution >= 0.6 is 11.6 Å². The Bertz CT molecular complexity index is 627. The van der Waals surface area contributed by atoms with Gasteiger partial charge in [0.25, 0.3) is 0 Å². The number of aromatic amines is 1. The van der Waals surface area contributed by atoms with Gasteiger partial charge in [0, 0.05) is 23.9 Å². The van der Waals surface area contributed by atoms with Crippen LogP contribution in [0.1, 0.15) is 24.5 Å². The van der Waals surface area contributed by atoms with Gasteiger partial charge in [0.15, 0.2) is 0 Å². The lowest BCUT2D eigenvalue weighted by molar-refractivity contribution is 0.328. The number of rotatable bonds is 5. The van der Waals surface area contributed by atoms with Gasteiger partial charge in [-0.25, -0.2) is 0 Å². The average Bonchev–Trinajstić information content (AvgIpc) is 2.87. The molecule has 1 aromatic heterocycles. The zero-order chi connectivity index (χ0) is 14.5. The van der Waals surface area contributed by atoms with Crippen LogP contribution in [-0.4, -0.2) is 28.7 Å². The van der Waals surface area contributed by atoms with Crippen molar-refractivity contribution in [3.05, 3.63) is 40.5 Å². The minimum absolute atomic E-state index is 0.584. The van der Waals surface area contributed by atoms with Gasteiger partial charge in [0.05, 0.1) is 22.3 Å². The zero-order valence-electron chi connectivity index (χ0n) is 11.7. The summed E-state index contributed by atoms with van der Waals surface area (Å²) in [7, 11) is 2.08. The average molecular weight is 289 g/mol. The molecule has 0 fully saturated rings. The van der Waals surface area contributed by atoms with E-state index in [1.54, 1.807) is 18.2 Å². The molecule has 0 atom stereocenters. The van der Waals surface area contributed by atoms with Gasteiger partial charge in [-0.05, 0) is 38.2 Å². The minimum Gasteiger partial charge on any atom is -0.302 e. The van der Waals surface area contributed by atoms with Gasteiger partial charge < -0.3 is 4.90 Å². The molecule has 0 bridgehead atoms. The molecular formula is C15H17ClN4. The molecule has 5 heteroatoms. The minimum atomic E-state index is 0.584. The van der Waals surface area contributed by atoms with Crippen molar-refractivity contribution >= 4 is 11.6 Å². The molecule has 1 N–H and O–H groups in total. The summed E-state index contributed by atoms with van der Waals surface area (Å²) >= 11 is 6.24. The maximum atomic E-state index is 9.01. The highest BCUT2D eigenvalue weighted by Crippen LogP contribution is 2.30. The Kier molecular flexibility index (Phi) is 4.78. The van der Waals surface area contributed by atoms with E-state index in [1.165, 1.54) is 0 Å². The fourth-order valence-corrected chi connectivity index (χ4v) is 2.40. The van der Waals surface area contributed by atoms with Crippen molar-refractivity contribution in [2.75, 3.05) is 13.6 Å². The van der Waals surface area contributed by atoms with Crippen LogP contribution in [0.15, 0.2) is 24.4 Å². The lowest BCUT2D eigenvalue weighted by atomic mass is 10.1. The third kappa shape index (κ3) is 3.19. The molecule has 0 aliphatic carbocycles. The van der Waals surface area contributed by atoms with E-state index in [2.05, 4.69) is 35.1 Å². The van der Waals surface area contributed by atoms with Gasteiger partial charge >= 0.3 is 0 Å². The lowest BCUT2D eigenvalue weighted by Crippen LogP contribution is -2.18. The lowest BCUT2D eigenvalue weighted by Gasteiger charge is -2.15. The van der Waals surface area contributed by atoms with Crippen molar-refractivity contribution in [2.45, 2.75) is 19.9 Å². The molecule has 1 heterocycles. The summed E-state index contributed by atoms with van der Waals surface area (Å²) < 4.78 is 0. The Balaban J connectivity index is 2.35. The molecule has 20 heavy (non-hydrogen) atoms. The second-order valence-electron chi connectivity index (χ2n) is 4.80. The zero-order valence-corrected chi connectivity index (χ0v) is 12.4. The fraction of sp³-hybridized carbons (Fsp3) is 0.333. The van der Waals surface area contributed by atoms with E-state index >= 15 is 0 Å². The van der Waals surface area contributed by atoms with E-state index in [0.29, 0.717) is 10.6 Å². The number of halogens is 1. The Morgan fingerprint density at radius 1 is 1.45 bits per heavy atom. The summed E-state index contributed by atoms with van der Waals surface area (Å²) in [5.41, 5.74) is 3.28. The standard InChI is InChI=1S/C15H17ClN4/c1-3-6-20(2)10-12-9-18-19-15(12)13-7-11(8-17)4-5-14(13)16/h4-5,7,9H,3,6,10H2,1-2H3,(H,18,19). The van der Waals surface area contributed by atoms with Crippen molar-refractivity contribution in [1.82, 2.24) is 15.1 Å². The molecule has 104 valence electrons. The first-order valence-electron chi connectivity index (χ1n) is 6.57. The number of nitriles is 1. The number of hydrogen-bond donors (Lipinski definition) is 1. The third-order valence-electron chi connectivity index (χ3n) is 3.12. The van der Waals surface area contributed by atoms with Gasteiger partial charge in [-0.3, -0.25) is 5.10 Å². The maximum absolute atomic E-state index is 9.01. The first kappa shape index (κ1) is 14.6. The molecule has 0 spiro atoms. The molecule has 2 aromatic rings. The highest BCUT2D eigenvalue weighted by molar-refractivity contribution is 6.33. The first-order chi connectivity index (χ1) is 9.65. The summed E-state index contributed by atoms with van der Waals surface area (Å²) in [5.74, 6) is 0. The second-order valence-corrected chi connectivity index (χ2v) is 5.21. The predicted octanol–water partition coefficient (Wildman–Crippen LogP) is 3.44. The van der Waals surface area contributed by atoms with Gasteiger partial charge in [-0.1, -0.05) is 18.5 Å². The van der Waals surface area contributed by atoms with Crippen LogP contribution < -0.4 is 0 Å². The normalized spacial score (nSPS) is 10.8. The number of nitrogens with one attached hydrogen (secondary N) is 1. The Morgan fingerprint density at radius 2 is 2.25 bits per heavy atom. The number of H-pyrrole nitrogens is 1. The summed E-state index contributed by atoms with van der Waals surface area (Å²) in [6, 6.07) is 7.36. The fourth-order valence-electron chi connectivity index (χ4n) is 2.20. The number of nitrogens with zero attached hydrogens (tertiary/aromatic N) is 3. The van der Waals surface area contributed by atoms with E-state index in [9.17, 15) is 0 Å². The molecule has 2 rings (SSSR count). The third-order valence-corrected chi connectivity index (χ3v) is 3.45. The van der Waals surface area contributed by atoms with Crippen LogP contribution in [0.3, 0.4) is 0 Å². The monoisotopic (exact) mass is 288 g/mol. The molecule has 0 saturated heterocycles. The molecule has 0 unspecified atom stereocenters. The molecule has 0 radical (unpaired) electrons. The van der Waals surface area contributed by atoms with Crippen LogP contribution in [0.25, 0.3) is 11.3 Å². The molecule has 1 aromatic carbocycles. The highest BCUT2D eigenvalue weighted by Gasteiger charge is 2.14. The SMILES string of the molecule is CCCN(C)Cc1c[nH]nc1-c1cc(C#N)ccc1Cl. The van der Waals surface area contributed by atoms with E-state index < -0.39 is 0 Å². The Hall–Kier alpha value is -1.83. The molecule has 4 nitrogen and oxygen atoms in total. The quantitative estimate of drug-likeness (QED) is 0.917. The van der Waals surface area contributed by atoms with Crippen molar-refractivity contribution in [3.63, 3.8) is 0 Å². The number of aromatic nitrogens is 2. The van der Waals surface area contributed by atoms with E-state index in [-0.39, 0.29) is 0 Å². The summed E-state index contributed by atoms with van der Waals surface area (Å²) in [6.45, 7) is 3.98. The molecule has 0 aliphatic heterocycles. The number of hydrogen-bond acceptors (Lipinski definition) is 3. The smallest absolute Gasteiger partial charge is 0.0991 e. The van der Waals surface area contributed by atoms with Crippen LogP contribution in [-0.2, 0) is 6.54 Å². The van der Waals surface area contributed by atoms with Gasteiger partial charge in [-0.2, -0.15) is 10.4 Å². The van der Waals surface area contributed by atoms with Crippen LogP contribution in [0.5, 0.6) is 0 Å². The van der Waals surface area contributed by atoms with Gasteiger partial charge in [0.2, 0.25) is 0 Å². The summed E-state index contributed by atoms with van der Waals surface area (Å²) in [4.78, 5) is 2.23. The Labute approximate surface area is 124 Å². The maximum Gasteiger partial charge on any atom is 0.0991 e. The molecule has 0 saturated carbocycles. The van der Waals surface area contributed by atoms with Crippen molar-refractivity contribution in [1.29, 1.82) is 5.26 Å². The number of benzene rings is 1. The van der Waals surface area contributed by atoms with E-state index in [1.807, 2.05) is 6.20 Å². The Morgan fingerprint density at radius 3 is 2.95 bits per heavy atom. The van der Waals surface area contributed by atoms with Crippen molar-refractivity contribution < 1.29 is 0 Å². The first-order valence-corrected chi connectivity index (χ1v) is 6.94.